The Bertz CT molecular complexity index is 500. The largest absolute Gasteiger partial charge is 0.366 e. The van der Waals surface area contributed by atoms with E-state index < -0.39 is 11.4 Å². The summed E-state index contributed by atoms with van der Waals surface area (Å²) in [5.74, 6) is -1.42. The fourth-order valence-corrected chi connectivity index (χ4v) is 3.71. The van der Waals surface area contributed by atoms with Crippen LogP contribution in [0.25, 0.3) is 0 Å². The molecule has 0 bridgehead atoms. The maximum atomic E-state index is 10.9. The van der Waals surface area contributed by atoms with E-state index in [1.165, 1.54) is 0 Å². The molecule has 3 heterocycles. The Hall–Kier alpha value is -0.460. The van der Waals surface area contributed by atoms with Gasteiger partial charge in [0.2, 0.25) is 5.79 Å². The van der Waals surface area contributed by atoms with Crippen LogP contribution in [-0.4, -0.2) is 39.9 Å². The van der Waals surface area contributed by atoms with Crippen LogP contribution in [0.4, 0.5) is 0 Å². The molecule has 20 heavy (non-hydrogen) atoms. The van der Waals surface area contributed by atoms with Gasteiger partial charge in [-0.2, -0.15) is 4.89 Å². The van der Waals surface area contributed by atoms with E-state index in [0.29, 0.717) is 6.42 Å². The summed E-state index contributed by atoms with van der Waals surface area (Å²) in [4.78, 5) is 10.7. The third kappa shape index (κ3) is 1.74. The van der Waals surface area contributed by atoms with Gasteiger partial charge in [-0.15, -0.1) is 0 Å². The third-order valence-electron chi connectivity index (χ3n) is 5.25. The van der Waals surface area contributed by atoms with Crippen LogP contribution in [0.15, 0.2) is 11.6 Å². The lowest BCUT2D eigenvalue weighted by molar-refractivity contribution is -0.391. The molecule has 3 fully saturated rings. The normalized spacial score (nSPS) is 58.8. The summed E-state index contributed by atoms with van der Waals surface area (Å²) in [7, 11) is 0. The second-order valence-corrected chi connectivity index (χ2v) is 7.53. The zero-order chi connectivity index (χ0) is 14.4. The molecular weight excluding hydrogens is 260 g/mol. The molecule has 0 amide bonds. The van der Waals surface area contributed by atoms with Crippen molar-refractivity contribution in [2.45, 2.75) is 81.8 Å². The van der Waals surface area contributed by atoms with Gasteiger partial charge in [-0.1, -0.05) is 0 Å². The predicted molar refractivity (Wildman–Crippen MR) is 69.7 cm³/mol. The molecule has 4 aliphatic rings. The minimum Gasteiger partial charge on any atom is -0.366 e. The van der Waals surface area contributed by atoms with E-state index in [2.05, 4.69) is 6.92 Å². The highest BCUT2D eigenvalue weighted by Crippen LogP contribution is 2.55. The monoisotopic (exact) mass is 282 g/mol. The Labute approximate surface area is 118 Å². The second-order valence-electron chi connectivity index (χ2n) is 7.53. The molecule has 4 rings (SSSR count). The van der Waals surface area contributed by atoms with Gasteiger partial charge >= 0.3 is 0 Å². The Morgan fingerprint density at radius 1 is 1.10 bits per heavy atom. The summed E-state index contributed by atoms with van der Waals surface area (Å²) < 4.78 is 11.6. The smallest absolute Gasteiger partial charge is 0.227 e. The maximum Gasteiger partial charge on any atom is 0.227 e. The van der Waals surface area contributed by atoms with Crippen LogP contribution in [0.1, 0.15) is 47.0 Å². The van der Waals surface area contributed by atoms with Crippen molar-refractivity contribution in [3.63, 3.8) is 0 Å². The number of hydrogen-bond acceptors (Lipinski definition) is 5. The molecule has 3 saturated heterocycles. The van der Waals surface area contributed by atoms with Gasteiger partial charge in [0, 0.05) is 12.0 Å². The zero-order valence-electron chi connectivity index (χ0n) is 12.4. The number of hydrogen-bond donors (Lipinski definition) is 1. The van der Waals surface area contributed by atoms with Crippen molar-refractivity contribution in [2.75, 3.05) is 0 Å². The predicted octanol–water partition coefficient (Wildman–Crippen LogP) is 1.84. The average molecular weight is 282 g/mol. The quantitative estimate of drug-likeness (QED) is 0.417. The molecule has 5 atom stereocenters. The van der Waals surface area contributed by atoms with Gasteiger partial charge in [-0.05, 0) is 46.6 Å². The fourth-order valence-electron chi connectivity index (χ4n) is 3.71. The highest BCUT2D eigenvalue weighted by molar-refractivity contribution is 5.32. The van der Waals surface area contributed by atoms with Crippen molar-refractivity contribution in [1.29, 1.82) is 0 Å². The van der Waals surface area contributed by atoms with E-state index in [1.807, 2.05) is 26.8 Å². The van der Waals surface area contributed by atoms with Crippen molar-refractivity contribution in [1.82, 2.24) is 0 Å². The van der Waals surface area contributed by atoms with E-state index in [-0.39, 0.29) is 23.4 Å². The molecule has 0 aromatic rings. The van der Waals surface area contributed by atoms with Crippen molar-refractivity contribution < 1.29 is 24.4 Å². The lowest BCUT2D eigenvalue weighted by Crippen LogP contribution is -2.39. The van der Waals surface area contributed by atoms with Gasteiger partial charge in [0.05, 0.1) is 17.3 Å². The Kier molecular flexibility index (Phi) is 2.29. The molecule has 0 radical (unpaired) electrons. The lowest BCUT2D eigenvalue weighted by Gasteiger charge is -2.26. The molecule has 0 aromatic heterocycles. The van der Waals surface area contributed by atoms with Gasteiger partial charge in [0.15, 0.2) is 0 Å². The summed E-state index contributed by atoms with van der Waals surface area (Å²) in [5.41, 5.74) is -0.385. The average Bonchev–Trinajstić information content (AvgIpc) is 3.15. The molecule has 3 aliphatic heterocycles. The summed E-state index contributed by atoms with van der Waals surface area (Å²) in [6.45, 7) is 7.93. The van der Waals surface area contributed by atoms with Crippen LogP contribution < -0.4 is 0 Å². The molecule has 0 aromatic carbocycles. The summed E-state index contributed by atoms with van der Waals surface area (Å²) in [5, 5.41) is 10.9. The molecule has 0 saturated carbocycles. The highest BCUT2D eigenvalue weighted by Gasteiger charge is 2.64. The number of ether oxygens (including phenoxy) is 2. The molecule has 1 N–H and O–H groups in total. The topological polar surface area (TPSA) is 63.8 Å². The first kappa shape index (κ1) is 13.2. The standard InChI is InChI=1S/C15H22O5/c1-12(2)9-7-11-13(3,18-11)6-5-10-14(4,17-10)8-15(9,16)20-19-12/h7,10-11,16H,5-6,8H2,1-4H3/b9-7-/t10-,11+,13-,14-,15-/m0/s1. The highest BCUT2D eigenvalue weighted by atomic mass is 17.2. The van der Waals surface area contributed by atoms with E-state index in [1.54, 1.807) is 0 Å². The maximum absolute atomic E-state index is 10.9. The van der Waals surface area contributed by atoms with E-state index >= 15 is 0 Å². The van der Waals surface area contributed by atoms with Gasteiger partial charge in [0.25, 0.3) is 0 Å². The molecule has 0 spiro atoms. The molecule has 1 aliphatic carbocycles. The second kappa shape index (κ2) is 3.47. The lowest BCUT2D eigenvalue weighted by atomic mass is 9.81. The fraction of sp³-hybridized carbons (Fsp3) is 0.867. The molecule has 5 nitrogen and oxygen atoms in total. The van der Waals surface area contributed by atoms with Crippen LogP contribution in [0.5, 0.6) is 0 Å². The minimum absolute atomic E-state index is 0.0247. The summed E-state index contributed by atoms with van der Waals surface area (Å²) in [6.07, 6.45) is 4.49. The van der Waals surface area contributed by atoms with E-state index in [0.717, 1.165) is 18.4 Å². The van der Waals surface area contributed by atoms with Crippen molar-refractivity contribution in [3.05, 3.63) is 11.6 Å². The van der Waals surface area contributed by atoms with Crippen LogP contribution >= 0.6 is 0 Å². The van der Waals surface area contributed by atoms with Crippen LogP contribution in [-0.2, 0) is 19.2 Å². The van der Waals surface area contributed by atoms with Crippen LogP contribution in [0.3, 0.4) is 0 Å². The summed E-state index contributed by atoms with van der Waals surface area (Å²) in [6, 6.07) is 0. The minimum atomic E-state index is -1.42. The number of fused-ring (bicyclic) bond motifs is 3. The molecule has 0 unspecified atom stereocenters. The SMILES string of the molecule is CC1(C)OO[C@@]2(O)C[C@]3(C)O[C@H]3CC[C@]3(C)O[C@@H]3/C=C/12. The first-order valence-corrected chi connectivity index (χ1v) is 7.35. The van der Waals surface area contributed by atoms with Crippen molar-refractivity contribution in [3.8, 4) is 0 Å². The Balaban J connectivity index is 1.75. The molecule has 112 valence electrons. The number of rotatable bonds is 0. The van der Waals surface area contributed by atoms with Crippen LogP contribution in [0.2, 0.25) is 0 Å². The first-order valence-electron chi connectivity index (χ1n) is 7.35. The summed E-state index contributed by atoms with van der Waals surface area (Å²) >= 11 is 0. The van der Waals surface area contributed by atoms with Gasteiger partial charge in [-0.3, -0.25) is 0 Å². The van der Waals surface area contributed by atoms with Crippen molar-refractivity contribution in [2.24, 2.45) is 0 Å². The van der Waals surface area contributed by atoms with Gasteiger partial charge in [-0.25, -0.2) is 4.89 Å². The Morgan fingerprint density at radius 3 is 2.60 bits per heavy atom. The van der Waals surface area contributed by atoms with E-state index in [4.69, 9.17) is 19.2 Å². The van der Waals surface area contributed by atoms with Gasteiger partial charge < -0.3 is 14.6 Å². The number of aliphatic hydroxyl groups is 1. The Morgan fingerprint density at radius 2 is 1.85 bits per heavy atom. The first-order chi connectivity index (χ1) is 9.17. The van der Waals surface area contributed by atoms with Crippen LogP contribution in [0, 0.1) is 0 Å². The third-order valence-corrected chi connectivity index (χ3v) is 5.25. The van der Waals surface area contributed by atoms with E-state index in [9.17, 15) is 5.11 Å². The van der Waals surface area contributed by atoms with Crippen molar-refractivity contribution >= 4 is 0 Å². The molecular formula is C15H22O5. The van der Waals surface area contributed by atoms with Gasteiger partial charge in [0.1, 0.15) is 11.7 Å². The number of epoxide rings is 2. The molecule has 5 heteroatoms. The zero-order valence-corrected chi connectivity index (χ0v) is 12.4.